The van der Waals surface area contributed by atoms with Crippen LogP contribution >= 0.6 is 11.6 Å². The van der Waals surface area contributed by atoms with Gasteiger partial charge in [-0.25, -0.2) is 8.42 Å². The Hall–Kier alpha value is -3.03. The minimum absolute atomic E-state index is 0.0189. The van der Waals surface area contributed by atoms with Gasteiger partial charge in [-0.1, -0.05) is 35.9 Å². The van der Waals surface area contributed by atoms with Crippen LogP contribution in [0.25, 0.3) is 0 Å². The molecule has 29 heavy (non-hydrogen) atoms. The molecule has 0 saturated heterocycles. The number of sulfonamides is 1. The lowest BCUT2D eigenvalue weighted by Crippen LogP contribution is -2.23. The maximum atomic E-state index is 12.6. The van der Waals surface area contributed by atoms with Crippen molar-refractivity contribution in [2.24, 2.45) is 0 Å². The molecule has 0 saturated carbocycles. The number of benzene rings is 3. The van der Waals surface area contributed by atoms with Crippen molar-refractivity contribution in [1.82, 2.24) is 5.32 Å². The maximum Gasteiger partial charge on any atom is 0.261 e. The van der Waals surface area contributed by atoms with Crippen molar-refractivity contribution in [3.05, 3.63) is 88.9 Å². The molecule has 0 aliphatic heterocycles. The van der Waals surface area contributed by atoms with Crippen molar-refractivity contribution in [2.75, 3.05) is 11.8 Å². The lowest BCUT2D eigenvalue weighted by Gasteiger charge is -2.10. The Morgan fingerprint density at radius 3 is 2.41 bits per heavy atom. The molecule has 3 aromatic rings. The number of carbonyl (C=O) groups is 1. The number of ether oxygens (including phenoxy) is 1. The summed E-state index contributed by atoms with van der Waals surface area (Å²) >= 11 is 5.89. The Kier molecular flexibility index (Phi) is 6.41. The number of hydrogen-bond donors (Lipinski definition) is 2. The van der Waals surface area contributed by atoms with E-state index in [1.165, 1.54) is 24.3 Å². The SMILES string of the molecule is COc1ccc(CNC(=O)c2cccc(S(=O)(=O)Nc3cccc(Cl)c3)c2)cc1. The van der Waals surface area contributed by atoms with E-state index in [9.17, 15) is 13.2 Å². The fourth-order valence-corrected chi connectivity index (χ4v) is 3.88. The Morgan fingerprint density at radius 1 is 1.00 bits per heavy atom. The minimum Gasteiger partial charge on any atom is -0.497 e. The van der Waals surface area contributed by atoms with Crippen LogP contribution in [0.5, 0.6) is 5.75 Å². The molecule has 6 nitrogen and oxygen atoms in total. The fourth-order valence-electron chi connectivity index (χ4n) is 2.60. The van der Waals surface area contributed by atoms with Crippen LogP contribution in [0.3, 0.4) is 0 Å². The molecular formula is C21H19ClN2O4S. The second-order valence-electron chi connectivity index (χ2n) is 6.17. The summed E-state index contributed by atoms with van der Waals surface area (Å²) in [6.07, 6.45) is 0. The van der Waals surface area contributed by atoms with Crippen LogP contribution in [0.4, 0.5) is 5.69 Å². The van der Waals surface area contributed by atoms with Crippen molar-refractivity contribution in [3.63, 3.8) is 0 Å². The molecule has 0 aliphatic carbocycles. The molecule has 0 spiro atoms. The molecule has 8 heteroatoms. The number of carbonyl (C=O) groups excluding carboxylic acids is 1. The number of halogens is 1. The normalized spacial score (nSPS) is 11.0. The van der Waals surface area contributed by atoms with Crippen LogP contribution in [0, 0.1) is 0 Å². The van der Waals surface area contributed by atoms with Crippen molar-refractivity contribution in [1.29, 1.82) is 0 Å². The smallest absolute Gasteiger partial charge is 0.261 e. The zero-order chi connectivity index (χ0) is 20.9. The van der Waals surface area contributed by atoms with E-state index >= 15 is 0 Å². The highest BCUT2D eigenvalue weighted by atomic mass is 35.5. The second kappa shape index (κ2) is 8.98. The molecule has 3 rings (SSSR count). The summed E-state index contributed by atoms with van der Waals surface area (Å²) in [5.74, 6) is 0.353. The van der Waals surface area contributed by atoms with E-state index in [2.05, 4.69) is 10.0 Å². The molecule has 0 bridgehead atoms. The molecule has 0 radical (unpaired) electrons. The third-order valence-corrected chi connectivity index (χ3v) is 5.71. The molecule has 0 aromatic heterocycles. The van der Waals surface area contributed by atoms with Gasteiger partial charge >= 0.3 is 0 Å². The van der Waals surface area contributed by atoms with Gasteiger partial charge in [-0.05, 0) is 54.1 Å². The molecular weight excluding hydrogens is 412 g/mol. The number of rotatable bonds is 7. The van der Waals surface area contributed by atoms with E-state index in [0.717, 1.165) is 11.3 Å². The largest absolute Gasteiger partial charge is 0.497 e. The Bertz CT molecular complexity index is 1120. The monoisotopic (exact) mass is 430 g/mol. The maximum absolute atomic E-state index is 12.6. The quantitative estimate of drug-likeness (QED) is 0.591. The number of anilines is 1. The standard InChI is InChI=1S/C21H19ClN2O4S/c1-28-19-10-8-15(9-11-19)14-23-21(25)16-4-2-7-20(12-16)29(26,27)24-18-6-3-5-17(22)13-18/h2-13,24H,14H2,1H3,(H,23,25). The highest BCUT2D eigenvalue weighted by Gasteiger charge is 2.16. The highest BCUT2D eigenvalue weighted by Crippen LogP contribution is 2.20. The molecule has 1 amide bonds. The zero-order valence-corrected chi connectivity index (χ0v) is 17.1. The summed E-state index contributed by atoms with van der Waals surface area (Å²) < 4.78 is 32.8. The molecule has 150 valence electrons. The predicted octanol–water partition coefficient (Wildman–Crippen LogP) is 4.08. The Morgan fingerprint density at radius 2 is 1.72 bits per heavy atom. The van der Waals surface area contributed by atoms with Gasteiger partial charge in [0.05, 0.1) is 17.7 Å². The first-order valence-electron chi connectivity index (χ1n) is 8.67. The van der Waals surface area contributed by atoms with Gasteiger partial charge in [-0.2, -0.15) is 0 Å². The van der Waals surface area contributed by atoms with Gasteiger partial charge in [0.2, 0.25) is 0 Å². The van der Waals surface area contributed by atoms with Gasteiger partial charge < -0.3 is 10.1 Å². The number of amides is 1. The van der Waals surface area contributed by atoms with Gasteiger partial charge in [0.15, 0.2) is 0 Å². The van der Waals surface area contributed by atoms with Gasteiger partial charge in [0.1, 0.15) is 5.75 Å². The van der Waals surface area contributed by atoms with E-state index in [1.807, 2.05) is 12.1 Å². The number of nitrogens with one attached hydrogen (secondary N) is 2. The van der Waals surface area contributed by atoms with Crippen LogP contribution in [-0.2, 0) is 16.6 Å². The van der Waals surface area contributed by atoms with E-state index in [4.69, 9.17) is 16.3 Å². The van der Waals surface area contributed by atoms with Crippen molar-refractivity contribution < 1.29 is 17.9 Å². The zero-order valence-electron chi connectivity index (χ0n) is 15.6. The number of methoxy groups -OCH3 is 1. The van der Waals surface area contributed by atoms with Gasteiger partial charge in [-0.15, -0.1) is 0 Å². The average molecular weight is 431 g/mol. The third-order valence-electron chi connectivity index (χ3n) is 4.10. The van der Waals surface area contributed by atoms with Crippen molar-refractivity contribution in [2.45, 2.75) is 11.4 Å². The summed E-state index contributed by atoms with van der Waals surface area (Å²) in [4.78, 5) is 12.4. The van der Waals surface area contributed by atoms with E-state index < -0.39 is 10.0 Å². The molecule has 0 aliphatic rings. The Labute approximate surface area is 174 Å². The van der Waals surface area contributed by atoms with Crippen molar-refractivity contribution >= 4 is 33.2 Å². The van der Waals surface area contributed by atoms with Crippen LogP contribution in [0.2, 0.25) is 5.02 Å². The second-order valence-corrected chi connectivity index (χ2v) is 8.29. The van der Waals surface area contributed by atoms with Crippen LogP contribution in [0.15, 0.2) is 77.7 Å². The van der Waals surface area contributed by atoms with Crippen LogP contribution in [0.1, 0.15) is 15.9 Å². The number of hydrogen-bond acceptors (Lipinski definition) is 4. The van der Waals surface area contributed by atoms with E-state index in [1.54, 1.807) is 43.5 Å². The molecule has 2 N–H and O–H groups in total. The molecule has 0 fully saturated rings. The summed E-state index contributed by atoms with van der Waals surface area (Å²) in [6, 6.07) is 19.5. The molecule has 3 aromatic carbocycles. The molecule has 0 atom stereocenters. The first-order chi connectivity index (χ1) is 13.9. The van der Waals surface area contributed by atoms with Gasteiger partial charge in [-0.3, -0.25) is 9.52 Å². The minimum atomic E-state index is -3.86. The van der Waals surface area contributed by atoms with Gasteiger partial charge in [0, 0.05) is 17.1 Å². The van der Waals surface area contributed by atoms with Crippen LogP contribution in [-0.4, -0.2) is 21.4 Å². The topological polar surface area (TPSA) is 84.5 Å². The van der Waals surface area contributed by atoms with Gasteiger partial charge in [0.25, 0.3) is 15.9 Å². The Balaban J connectivity index is 1.71. The third kappa shape index (κ3) is 5.49. The highest BCUT2D eigenvalue weighted by molar-refractivity contribution is 7.92. The van der Waals surface area contributed by atoms with Crippen molar-refractivity contribution in [3.8, 4) is 5.75 Å². The predicted molar refractivity (Wildman–Crippen MR) is 113 cm³/mol. The first kappa shape index (κ1) is 20.7. The lowest BCUT2D eigenvalue weighted by atomic mass is 10.2. The van der Waals surface area contributed by atoms with Crippen LogP contribution < -0.4 is 14.8 Å². The average Bonchev–Trinajstić information content (AvgIpc) is 2.72. The summed E-state index contributed by atoms with van der Waals surface area (Å²) in [6.45, 7) is 0.306. The molecule has 0 heterocycles. The van der Waals surface area contributed by atoms with E-state index in [-0.39, 0.29) is 16.4 Å². The van der Waals surface area contributed by atoms with E-state index in [0.29, 0.717) is 17.3 Å². The molecule has 0 unspecified atom stereocenters. The first-order valence-corrected chi connectivity index (χ1v) is 10.5. The fraction of sp³-hybridized carbons (Fsp3) is 0.0952. The lowest BCUT2D eigenvalue weighted by molar-refractivity contribution is 0.0950. The summed E-state index contributed by atoms with van der Waals surface area (Å²) in [5.41, 5.74) is 1.48. The summed E-state index contributed by atoms with van der Waals surface area (Å²) in [5, 5.41) is 3.19. The summed E-state index contributed by atoms with van der Waals surface area (Å²) in [7, 11) is -2.28.